The molecule has 10 aromatic rings. The molecule has 0 atom stereocenters. The topological polar surface area (TPSA) is 75.8 Å². The van der Waals surface area contributed by atoms with Crippen LogP contribution in [0.5, 0.6) is 11.5 Å². The van der Waals surface area contributed by atoms with Crippen molar-refractivity contribution >= 4 is 119 Å². The maximum atomic E-state index is 6.22. The largest absolute Gasteiger partial charge is 0.495 e. The van der Waals surface area contributed by atoms with E-state index in [1.165, 1.54) is 110 Å². The van der Waals surface area contributed by atoms with Crippen molar-refractivity contribution in [2.45, 2.75) is 132 Å². The van der Waals surface area contributed by atoms with Crippen LogP contribution in [-0.2, 0) is 38.5 Å². The average molecular weight is 1240 g/mol. The second-order valence-electron chi connectivity index (χ2n) is 23.6. The molecule has 2 N–H and O–H groups in total. The summed E-state index contributed by atoms with van der Waals surface area (Å²) in [6, 6.07) is 42.2. The number of hydrogen-bond acceptors (Lipinski definition) is 4. The number of methoxy groups -OCH3 is 2. The van der Waals surface area contributed by atoms with Gasteiger partial charge in [-0.3, -0.25) is 0 Å². The molecule has 0 aliphatic carbocycles. The predicted molar refractivity (Wildman–Crippen MR) is 364 cm³/mol. The summed E-state index contributed by atoms with van der Waals surface area (Å²) < 4.78 is 14.4. The van der Waals surface area contributed by atoms with Gasteiger partial charge in [-0.1, -0.05) is 100 Å². The fourth-order valence-corrected chi connectivity index (χ4v) is 16.2. The third-order valence-electron chi connectivity index (χ3n) is 19.0. The van der Waals surface area contributed by atoms with Crippen molar-refractivity contribution in [2.75, 3.05) is 14.2 Å². The van der Waals surface area contributed by atoms with Gasteiger partial charge in [-0.05, 0) is 283 Å². The monoisotopic (exact) mass is 1230 g/mol. The highest BCUT2D eigenvalue weighted by atomic mass is 79.9. The summed E-state index contributed by atoms with van der Waals surface area (Å²) >= 11 is 8.07. The third-order valence-corrected chi connectivity index (χ3v) is 20.7. The smallest absolute Gasteiger partial charge is 0.137 e. The molecule has 84 heavy (non-hydrogen) atoms. The van der Waals surface area contributed by atoms with Gasteiger partial charge in [-0.25, -0.2) is 9.97 Å². The number of halogens is 2. The van der Waals surface area contributed by atoms with E-state index in [0.29, 0.717) is 0 Å². The van der Waals surface area contributed by atoms with Gasteiger partial charge in [0.15, 0.2) is 0 Å². The summed E-state index contributed by atoms with van der Waals surface area (Å²) in [6.45, 7) is 18.4. The van der Waals surface area contributed by atoms with Gasteiger partial charge in [0, 0.05) is 33.3 Å². The molecule has 0 radical (unpaired) electrons. The first-order valence-electron chi connectivity index (χ1n) is 30.6. The first kappa shape index (κ1) is 55.9. The Morgan fingerprint density at radius 1 is 0.452 bits per heavy atom. The van der Waals surface area contributed by atoms with E-state index in [-0.39, 0.29) is 0 Å². The highest BCUT2D eigenvalue weighted by Gasteiger charge is 2.28. The molecule has 6 aliphatic rings. The Balaban J connectivity index is 1.13. The standard InChI is InChI=1S/C76H74Br2N4O2/c1-11-53-41(5)71-67-57-27-19-23-49-35-47-31-29-45(33-51(47)37-61(49)57)21-15-17-25-59-69(77)76(84-10)60(70(78)75(59)83-9)26-18-16-22-46-30-32-48-36-50-24-20-28-58(62(50)38-52(48)34-46)68(73-42(6)54(12-2)64(80-73)39-63(53)79-71)74-44(8)56(14-4)66(82-74)40-65-55(13-3)43(7)72(67)81-65/h19-20,23-24,27-40,79,82H,11-18,21-22,25-26H2,1-10H3. The zero-order valence-corrected chi connectivity index (χ0v) is 53.5. The minimum absolute atomic E-state index is 0.850. The van der Waals surface area contributed by atoms with Gasteiger partial charge in [0.1, 0.15) is 11.5 Å². The second kappa shape index (κ2) is 22.6. The first-order chi connectivity index (χ1) is 40.9. The lowest BCUT2D eigenvalue weighted by Crippen LogP contribution is -2.04. The van der Waals surface area contributed by atoms with Gasteiger partial charge in [0.2, 0.25) is 0 Å². The SMILES string of the molecule is CCC1=C(C)c2nc1cc1[nH]c(c(C)c1CC)c1c3nc(cc4[nH]c(c(C)c4CC)c2-c2cccc4cc5ccc(cc5cc24)CCCCc2c(Br)c(OC)c(c(Br)c2OC)CCCCc2ccc4cc5cccc-1c5cc4c2)C(CC)=C3C. The van der Waals surface area contributed by atoms with E-state index in [1.807, 2.05) is 0 Å². The zero-order chi connectivity index (χ0) is 58.2. The second-order valence-corrected chi connectivity index (χ2v) is 25.2. The lowest BCUT2D eigenvalue weighted by atomic mass is 9.91. The van der Waals surface area contributed by atoms with Gasteiger partial charge in [0.05, 0.1) is 57.0 Å². The number of nitrogens with zero attached hydrogens (tertiary/aromatic N) is 2. The van der Waals surface area contributed by atoms with Crippen molar-refractivity contribution in [3.05, 3.63) is 185 Å². The maximum absolute atomic E-state index is 6.22. The predicted octanol–water partition coefficient (Wildman–Crippen LogP) is 21.7. The number of benzene rings is 7. The number of ether oxygens (including phenoxy) is 2. The van der Waals surface area contributed by atoms with Crippen molar-refractivity contribution in [1.29, 1.82) is 0 Å². The molecule has 0 fully saturated rings. The summed E-state index contributed by atoms with van der Waals surface area (Å²) in [4.78, 5) is 20.0. The summed E-state index contributed by atoms with van der Waals surface area (Å²) in [7, 11) is 3.58. The van der Waals surface area contributed by atoms with E-state index < -0.39 is 0 Å². The van der Waals surface area contributed by atoms with E-state index in [0.717, 1.165) is 165 Å². The van der Waals surface area contributed by atoms with Crippen LogP contribution in [-0.4, -0.2) is 34.2 Å². The van der Waals surface area contributed by atoms with E-state index in [9.17, 15) is 0 Å². The van der Waals surface area contributed by atoms with Crippen LogP contribution < -0.4 is 9.47 Å². The Kier molecular flexibility index (Phi) is 15.1. The highest BCUT2D eigenvalue weighted by Crippen LogP contribution is 2.49. The Hall–Kier alpha value is -7.26. The van der Waals surface area contributed by atoms with Gasteiger partial charge >= 0.3 is 0 Å². The summed E-state index contributed by atoms with van der Waals surface area (Å²) in [5.74, 6) is 1.78. The third kappa shape index (κ3) is 9.33. The molecule has 7 aromatic carbocycles. The van der Waals surface area contributed by atoms with Crippen LogP contribution in [0, 0.1) is 13.8 Å². The fourth-order valence-electron chi connectivity index (χ4n) is 14.6. The molecule has 9 heterocycles. The Labute approximate surface area is 511 Å². The molecule has 0 saturated carbocycles. The van der Waals surface area contributed by atoms with E-state index >= 15 is 0 Å². The van der Waals surface area contributed by atoms with Crippen LogP contribution in [0.4, 0.5) is 0 Å². The normalized spacial score (nSPS) is 14.1. The van der Waals surface area contributed by atoms with Gasteiger partial charge in [0.25, 0.3) is 0 Å². The Morgan fingerprint density at radius 3 is 1.26 bits per heavy atom. The molecule has 8 heteroatoms. The van der Waals surface area contributed by atoms with Crippen molar-refractivity contribution in [3.63, 3.8) is 0 Å². The van der Waals surface area contributed by atoms with Crippen molar-refractivity contribution in [3.8, 4) is 33.8 Å². The quantitative estimate of drug-likeness (QED) is 0.163. The molecule has 3 aromatic heterocycles. The Morgan fingerprint density at radius 2 is 0.869 bits per heavy atom. The fraction of sp³-hybridized carbons (Fsp3) is 0.289. The van der Waals surface area contributed by atoms with E-state index in [1.54, 1.807) is 14.2 Å². The maximum Gasteiger partial charge on any atom is 0.137 e. The highest BCUT2D eigenvalue weighted by molar-refractivity contribution is 9.11. The number of aromatic amines is 2. The van der Waals surface area contributed by atoms with Crippen LogP contribution >= 0.6 is 31.9 Å². The minimum atomic E-state index is 0.850. The summed E-state index contributed by atoms with van der Waals surface area (Å²) in [5, 5.41) is 9.80. The number of allylic oxidation sites excluding steroid dienone is 4. The van der Waals surface area contributed by atoms with Crippen molar-refractivity contribution in [2.24, 2.45) is 0 Å². The molecule has 424 valence electrons. The average Bonchev–Trinajstić information content (AvgIpc) is 4.32. The summed E-state index contributed by atoms with van der Waals surface area (Å²) in [6.07, 6.45) is 11.1. The number of nitrogens with one attached hydrogen (secondary N) is 2. The number of aromatic nitrogens is 4. The number of aryl methyl sites for hydroxylation is 6. The number of rotatable bonds is 6. The van der Waals surface area contributed by atoms with Gasteiger partial charge in [-0.2, -0.15) is 0 Å². The molecule has 0 spiro atoms. The van der Waals surface area contributed by atoms with Crippen LogP contribution in [0.1, 0.15) is 147 Å². The van der Waals surface area contributed by atoms with Crippen LogP contribution in [0.3, 0.4) is 0 Å². The molecule has 0 saturated heterocycles. The molecule has 6 nitrogen and oxygen atoms in total. The Bertz CT molecular complexity index is 4350. The van der Waals surface area contributed by atoms with Crippen LogP contribution in [0.15, 0.2) is 118 Å². The molecular weight excluding hydrogens is 1160 g/mol. The zero-order valence-electron chi connectivity index (χ0n) is 50.3. The van der Waals surface area contributed by atoms with Crippen molar-refractivity contribution in [1.82, 2.24) is 19.9 Å². The lowest BCUT2D eigenvalue weighted by molar-refractivity contribution is 0.388. The molecular formula is C76H74Br2N4O2. The number of H-pyrrole nitrogens is 2. The van der Waals surface area contributed by atoms with Crippen LogP contribution in [0.2, 0.25) is 0 Å². The van der Waals surface area contributed by atoms with Crippen LogP contribution in [0.25, 0.3) is 110 Å². The molecule has 0 unspecified atom stereocenters. The molecule has 6 aliphatic heterocycles. The number of hydrogen-bond donors (Lipinski definition) is 2. The molecule has 16 rings (SSSR count). The van der Waals surface area contributed by atoms with Gasteiger partial charge < -0.3 is 19.4 Å². The van der Waals surface area contributed by atoms with Gasteiger partial charge in [-0.15, -0.1) is 0 Å². The van der Waals surface area contributed by atoms with E-state index in [2.05, 4.69) is 206 Å². The first-order valence-corrected chi connectivity index (χ1v) is 32.2. The molecule has 0 amide bonds. The van der Waals surface area contributed by atoms with E-state index in [4.69, 9.17) is 19.4 Å². The molecule has 18 bridgehead atoms. The lowest BCUT2D eigenvalue weighted by Gasteiger charge is -2.20. The van der Waals surface area contributed by atoms with Crippen molar-refractivity contribution < 1.29 is 9.47 Å². The minimum Gasteiger partial charge on any atom is -0.495 e. The summed E-state index contributed by atoms with van der Waals surface area (Å²) in [5.41, 5.74) is 28.1.